The minimum Gasteiger partial charge on any atom is -0.464 e. The molecule has 0 atom stereocenters. The third-order valence-corrected chi connectivity index (χ3v) is 4.83. The molecule has 0 unspecified atom stereocenters. The van der Waals surface area contributed by atoms with Crippen LogP contribution in [0.3, 0.4) is 0 Å². The lowest BCUT2D eigenvalue weighted by Gasteiger charge is -2.08. The first-order valence-corrected chi connectivity index (χ1v) is 10.2. The van der Waals surface area contributed by atoms with E-state index in [2.05, 4.69) is 20.3 Å². The quantitative estimate of drug-likeness (QED) is 0.313. The lowest BCUT2D eigenvalue weighted by molar-refractivity contribution is 0.143. The Kier molecular flexibility index (Phi) is 6.32. The molecular formula is C21H21ClN6O3. The molecule has 9 nitrogen and oxygen atoms in total. The summed E-state index contributed by atoms with van der Waals surface area (Å²) in [5, 5.41) is 2.84. The number of furan rings is 1. The number of nitrogens with two attached hydrogens (primary N) is 1. The molecule has 0 bridgehead atoms. The predicted octanol–water partition coefficient (Wildman–Crippen LogP) is 4.03. The summed E-state index contributed by atoms with van der Waals surface area (Å²) in [5.41, 5.74) is 8.83. The zero-order valence-corrected chi connectivity index (χ0v) is 17.4. The number of alkyl carbamates (subject to hydrolysis) is 1. The Labute approximate surface area is 183 Å². The second-order valence-corrected chi connectivity index (χ2v) is 7.20. The van der Waals surface area contributed by atoms with Crippen molar-refractivity contribution in [3.63, 3.8) is 0 Å². The number of carbonyl (C=O) groups excluding carboxylic acids is 1. The molecule has 0 fully saturated rings. The van der Waals surface area contributed by atoms with E-state index >= 15 is 0 Å². The number of nitrogen functional groups attached to an aromatic ring is 1. The van der Waals surface area contributed by atoms with Crippen LogP contribution < -0.4 is 11.1 Å². The second kappa shape index (κ2) is 9.48. The van der Waals surface area contributed by atoms with Crippen molar-refractivity contribution in [2.24, 2.45) is 0 Å². The van der Waals surface area contributed by atoms with Crippen LogP contribution in [0.5, 0.6) is 0 Å². The van der Waals surface area contributed by atoms with Crippen molar-refractivity contribution in [2.75, 3.05) is 12.3 Å². The van der Waals surface area contributed by atoms with Gasteiger partial charge in [0.1, 0.15) is 11.3 Å². The van der Waals surface area contributed by atoms with Crippen LogP contribution in [0, 0.1) is 0 Å². The number of halogens is 1. The largest absolute Gasteiger partial charge is 0.464 e. The average molecular weight is 441 g/mol. The molecule has 0 radical (unpaired) electrons. The summed E-state index contributed by atoms with van der Waals surface area (Å²) in [6.45, 7) is 1.33. The Morgan fingerprint density at radius 3 is 2.97 bits per heavy atom. The monoisotopic (exact) mass is 440 g/mol. The lowest BCUT2D eigenvalue weighted by Crippen LogP contribution is -2.24. The highest BCUT2D eigenvalue weighted by atomic mass is 35.5. The number of fused-ring (bicyclic) bond motifs is 1. The zero-order valence-electron chi connectivity index (χ0n) is 16.6. The molecule has 0 spiro atoms. The van der Waals surface area contributed by atoms with Crippen LogP contribution in [0.4, 0.5) is 10.6 Å². The SMILES string of the molecule is Nc1nc(Cl)nc2c1ncn2CCCCOC(=O)NCc1cccc(-c2ccco2)c1. The summed E-state index contributed by atoms with van der Waals surface area (Å²) in [5.74, 6) is 1.04. The van der Waals surface area contributed by atoms with Crippen molar-refractivity contribution in [2.45, 2.75) is 25.9 Å². The van der Waals surface area contributed by atoms with E-state index < -0.39 is 6.09 Å². The van der Waals surface area contributed by atoms with Crippen LogP contribution in [0.15, 0.2) is 53.4 Å². The molecule has 0 saturated carbocycles. The van der Waals surface area contributed by atoms with Gasteiger partial charge in [-0.2, -0.15) is 9.97 Å². The first-order valence-electron chi connectivity index (χ1n) is 9.77. The lowest BCUT2D eigenvalue weighted by atomic mass is 10.1. The highest BCUT2D eigenvalue weighted by molar-refractivity contribution is 6.28. The second-order valence-electron chi connectivity index (χ2n) is 6.86. The van der Waals surface area contributed by atoms with Gasteiger partial charge >= 0.3 is 6.09 Å². The molecule has 3 heterocycles. The van der Waals surface area contributed by atoms with E-state index in [0.717, 1.165) is 23.3 Å². The number of hydrogen-bond acceptors (Lipinski definition) is 7. The van der Waals surface area contributed by atoms with Crippen LogP contribution in [-0.4, -0.2) is 32.2 Å². The summed E-state index contributed by atoms with van der Waals surface area (Å²) in [4.78, 5) is 24.2. The van der Waals surface area contributed by atoms with Gasteiger partial charge in [-0.25, -0.2) is 9.78 Å². The van der Waals surface area contributed by atoms with E-state index in [0.29, 0.717) is 37.3 Å². The van der Waals surface area contributed by atoms with E-state index in [1.807, 2.05) is 41.0 Å². The molecular weight excluding hydrogens is 420 g/mol. The standard InChI is InChI=1S/C21H21ClN6O3/c22-20-26-18(23)17-19(27-20)28(13-25-17)8-1-2-9-31-21(29)24-12-14-5-3-6-15(11-14)16-7-4-10-30-16/h3-7,10-11,13H,1-2,8-9,12H2,(H,24,29)(H2,23,26,27). The maximum absolute atomic E-state index is 12.0. The fraction of sp³-hybridized carbons (Fsp3) is 0.238. The van der Waals surface area contributed by atoms with Gasteiger partial charge in [0.2, 0.25) is 5.28 Å². The Balaban J connectivity index is 1.19. The minimum atomic E-state index is -0.455. The number of amides is 1. The number of aryl methyl sites for hydroxylation is 1. The van der Waals surface area contributed by atoms with Gasteiger partial charge in [-0.15, -0.1) is 0 Å². The number of aromatic nitrogens is 4. The number of rotatable bonds is 8. The zero-order chi connectivity index (χ0) is 21.6. The van der Waals surface area contributed by atoms with Gasteiger partial charge in [-0.05, 0) is 48.2 Å². The van der Waals surface area contributed by atoms with E-state index in [9.17, 15) is 4.79 Å². The van der Waals surface area contributed by atoms with E-state index in [4.69, 9.17) is 26.5 Å². The summed E-state index contributed by atoms with van der Waals surface area (Å²) in [6.07, 6.45) is 4.28. The van der Waals surface area contributed by atoms with Gasteiger partial charge in [0.25, 0.3) is 0 Å². The molecule has 3 aromatic heterocycles. The maximum Gasteiger partial charge on any atom is 0.407 e. The molecule has 4 aromatic rings. The van der Waals surface area contributed by atoms with Crippen LogP contribution >= 0.6 is 11.6 Å². The van der Waals surface area contributed by atoms with Gasteiger partial charge in [0.15, 0.2) is 11.5 Å². The van der Waals surface area contributed by atoms with Crippen molar-refractivity contribution >= 4 is 34.7 Å². The highest BCUT2D eigenvalue weighted by Crippen LogP contribution is 2.21. The first-order chi connectivity index (χ1) is 15.1. The summed E-state index contributed by atoms with van der Waals surface area (Å²) >= 11 is 5.87. The van der Waals surface area contributed by atoms with Crippen molar-refractivity contribution in [1.29, 1.82) is 0 Å². The molecule has 0 saturated heterocycles. The number of anilines is 1. The molecule has 0 aliphatic heterocycles. The molecule has 160 valence electrons. The molecule has 4 rings (SSSR count). The molecule has 0 aliphatic rings. The fourth-order valence-electron chi connectivity index (χ4n) is 3.15. The van der Waals surface area contributed by atoms with E-state index in [1.54, 1.807) is 12.6 Å². The average Bonchev–Trinajstić information content (AvgIpc) is 3.43. The topological polar surface area (TPSA) is 121 Å². The number of unbranched alkanes of at least 4 members (excludes halogenated alkanes) is 1. The number of nitrogens with one attached hydrogen (secondary N) is 1. The molecule has 10 heteroatoms. The van der Waals surface area contributed by atoms with Gasteiger partial charge in [-0.3, -0.25) is 0 Å². The molecule has 1 aromatic carbocycles. The molecule has 31 heavy (non-hydrogen) atoms. The van der Waals surface area contributed by atoms with Gasteiger partial charge < -0.3 is 24.8 Å². The number of hydrogen-bond donors (Lipinski definition) is 2. The number of nitrogens with zero attached hydrogens (tertiary/aromatic N) is 4. The van der Waals surface area contributed by atoms with Crippen molar-refractivity contribution in [3.8, 4) is 11.3 Å². The number of ether oxygens (including phenoxy) is 1. The molecule has 3 N–H and O–H groups in total. The first kappa shape index (κ1) is 20.7. The van der Waals surface area contributed by atoms with Crippen LogP contribution in [0.2, 0.25) is 5.28 Å². The smallest absolute Gasteiger partial charge is 0.407 e. The Morgan fingerprint density at radius 2 is 2.13 bits per heavy atom. The van der Waals surface area contributed by atoms with Gasteiger partial charge in [0.05, 0.1) is 19.2 Å². The van der Waals surface area contributed by atoms with Crippen molar-refractivity contribution < 1.29 is 13.9 Å². The highest BCUT2D eigenvalue weighted by Gasteiger charge is 2.10. The van der Waals surface area contributed by atoms with Crippen LogP contribution in [-0.2, 0) is 17.8 Å². The van der Waals surface area contributed by atoms with E-state index in [1.165, 1.54) is 0 Å². The Morgan fingerprint density at radius 1 is 1.23 bits per heavy atom. The maximum atomic E-state index is 12.0. The fourth-order valence-corrected chi connectivity index (χ4v) is 3.32. The molecule has 0 aliphatic carbocycles. The van der Waals surface area contributed by atoms with Crippen LogP contribution in [0.1, 0.15) is 18.4 Å². The third kappa shape index (κ3) is 5.13. The number of benzene rings is 1. The molecule has 1 amide bonds. The van der Waals surface area contributed by atoms with Crippen LogP contribution in [0.25, 0.3) is 22.5 Å². The Bertz CT molecular complexity index is 1180. The number of imidazole rings is 1. The normalized spacial score (nSPS) is 11.0. The van der Waals surface area contributed by atoms with Gasteiger partial charge in [0, 0.05) is 18.7 Å². The summed E-state index contributed by atoms with van der Waals surface area (Å²) in [7, 11) is 0. The summed E-state index contributed by atoms with van der Waals surface area (Å²) in [6, 6.07) is 11.5. The predicted molar refractivity (Wildman–Crippen MR) is 116 cm³/mol. The minimum absolute atomic E-state index is 0.0847. The summed E-state index contributed by atoms with van der Waals surface area (Å²) < 4.78 is 12.5. The van der Waals surface area contributed by atoms with Gasteiger partial charge in [-0.1, -0.05) is 18.2 Å². The number of carbonyl (C=O) groups is 1. The Hall–Kier alpha value is -3.59. The van der Waals surface area contributed by atoms with Crippen molar-refractivity contribution in [3.05, 3.63) is 59.8 Å². The van der Waals surface area contributed by atoms with Crippen molar-refractivity contribution in [1.82, 2.24) is 24.8 Å². The van der Waals surface area contributed by atoms with E-state index in [-0.39, 0.29) is 11.1 Å². The third-order valence-electron chi connectivity index (χ3n) is 4.66.